The van der Waals surface area contributed by atoms with E-state index < -0.39 is 0 Å². The maximum Gasteiger partial charge on any atom is 0.0610 e. The summed E-state index contributed by atoms with van der Waals surface area (Å²) in [6.07, 6.45) is 7.50. The summed E-state index contributed by atoms with van der Waals surface area (Å²) < 4.78 is 0. The van der Waals surface area contributed by atoms with Crippen LogP contribution in [0.4, 0.5) is 0 Å². The zero-order chi connectivity index (χ0) is 12.7. The van der Waals surface area contributed by atoms with Crippen molar-refractivity contribution in [1.82, 2.24) is 10.2 Å². The lowest BCUT2D eigenvalue weighted by atomic mass is 9.91. The van der Waals surface area contributed by atoms with Gasteiger partial charge in [-0.05, 0) is 59.2 Å². The molecular weight excluding hydrogens is 212 g/mol. The Morgan fingerprint density at radius 2 is 2.12 bits per heavy atom. The molecule has 1 aliphatic carbocycles. The first-order valence-corrected chi connectivity index (χ1v) is 7.17. The number of nitrogens with one attached hydrogen (secondary N) is 1. The number of hydrogen-bond donors (Lipinski definition) is 2. The Bertz CT molecular complexity index is 206. The largest absolute Gasteiger partial charge is 0.394 e. The number of aliphatic hydroxyl groups is 1. The SMILES string of the molecule is CCCNC(C)(CO)CCCN(C)C1CCC1. The van der Waals surface area contributed by atoms with Crippen molar-refractivity contribution in [2.45, 2.75) is 64.0 Å². The Hall–Kier alpha value is -0.120. The van der Waals surface area contributed by atoms with Crippen LogP contribution in [0.1, 0.15) is 52.4 Å². The maximum absolute atomic E-state index is 9.47. The van der Waals surface area contributed by atoms with E-state index >= 15 is 0 Å². The smallest absolute Gasteiger partial charge is 0.0610 e. The highest BCUT2D eigenvalue weighted by Gasteiger charge is 2.24. The lowest BCUT2D eigenvalue weighted by Gasteiger charge is -2.36. The van der Waals surface area contributed by atoms with Gasteiger partial charge in [-0.3, -0.25) is 0 Å². The van der Waals surface area contributed by atoms with E-state index in [2.05, 4.69) is 31.1 Å². The zero-order valence-electron chi connectivity index (χ0n) is 11.8. The van der Waals surface area contributed by atoms with Gasteiger partial charge in [0.2, 0.25) is 0 Å². The van der Waals surface area contributed by atoms with Crippen molar-refractivity contribution in [2.24, 2.45) is 0 Å². The standard InChI is InChI=1S/C14H30N2O/c1-4-10-15-14(2,12-17)9-6-11-16(3)13-7-5-8-13/h13,15,17H,4-12H2,1-3H3. The van der Waals surface area contributed by atoms with Gasteiger partial charge < -0.3 is 15.3 Å². The van der Waals surface area contributed by atoms with E-state index in [0.29, 0.717) is 0 Å². The molecule has 3 nitrogen and oxygen atoms in total. The van der Waals surface area contributed by atoms with Gasteiger partial charge >= 0.3 is 0 Å². The molecule has 1 aliphatic rings. The number of rotatable bonds is 9. The number of nitrogens with zero attached hydrogens (tertiary/aromatic N) is 1. The van der Waals surface area contributed by atoms with E-state index in [1.807, 2.05) is 0 Å². The van der Waals surface area contributed by atoms with Crippen LogP contribution in [-0.4, -0.2) is 48.3 Å². The summed E-state index contributed by atoms with van der Waals surface area (Å²) in [4.78, 5) is 2.49. The fraction of sp³-hybridized carbons (Fsp3) is 1.00. The molecule has 0 spiro atoms. The summed E-state index contributed by atoms with van der Waals surface area (Å²) in [6.45, 7) is 6.69. The first-order chi connectivity index (χ1) is 8.11. The summed E-state index contributed by atoms with van der Waals surface area (Å²) >= 11 is 0. The van der Waals surface area contributed by atoms with Crippen molar-refractivity contribution < 1.29 is 5.11 Å². The molecule has 102 valence electrons. The highest BCUT2D eigenvalue weighted by Crippen LogP contribution is 2.24. The second-order valence-corrected chi connectivity index (χ2v) is 5.81. The highest BCUT2D eigenvalue weighted by atomic mass is 16.3. The molecular formula is C14H30N2O. The molecule has 2 N–H and O–H groups in total. The molecule has 1 fully saturated rings. The topological polar surface area (TPSA) is 35.5 Å². The Labute approximate surface area is 107 Å². The summed E-state index contributed by atoms with van der Waals surface area (Å²) in [5.41, 5.74) is -0.0868. The second kappa shape index (κ2) is 7.34. The van der Waals surface area contributed by atoms with Crippen LogP contribution in [-0.2, 0) is 0 Å². The van der Waals surface area contributed by atoms with Crippen LogP contribution in [0.3, 0.4) is 0 Å². The molecule has 1 saturated carbocycles. The third-order valence-electron chi connectivity index (χ3n) is 4.09. The minimum absolute atomic E-state index is 0.0868. The van der Waals surface area contributed by atoms with E-state index in [9.17, 15) is 5.11 Å². The molecule has 0 bridgehead atoms. The van der Waals surface area contributed by atoms with Crippen molar-refractivity contribution in [3.63, 3.8) is 0 Å². The van der Waals surface area contributed by atoms with Gasteiger partial charge in [-0.25, -0.2) is 0 Å². The molecule has 0 aromatic heterocycles. The minimum Gasteiger partial charge on any atom is -0.394 e. The molecule has 0 aliphatic heterocycles. The van der Waals surface area contributed by atoms with E-state index in [1.165, 1.54) is 25.7 Å². The van der Waals surface area contributed by atoms with E-state index in [4.69, 9.17) is 0 Å². The summed E-state index contributed by atoms with van der Waals surface area (Å²) in [5.74, 6) is 0. The molecule has 0 amide bonds. The summed E-state index contributed by atoms with van der Waals surface area (Å²) in [5, 5.41) is 12.9. The minimum atomic E-state index is -0.0868. The van der Waals surface area contributed by atoms with Crippen LogP contribution >= 0.6 is 0 Å². The fourth-order valence-electron chi connectivity index (χ4n) is 2.38. The Morgan fingerprint density at radius 3 is 2.59 bits per heavy atom. The monoisotopic (exact) mass is 242 g/mol. The van der Waals surface area contributed by atoms with Gasteiger partial charge in [-0.1, -0.05) is 13.3 Å². The van der Waals surface area contributed by atoms with Gasteiger partial charge in [-0.15, -0.1) is 0 Å². The molecule has 0 aromatic rings. The Morgan fingerprint density at radius 1 is 1.41 bits per heavy atom. The molecule has 0 aromatic carbocycles. The van der Waals surface area contributed by atoms with Crippen molar-refractivity contribution in [1.29, 1.82) is 0 Å². The Balaban J connectivity index is 2.17. The molecule has 1 rings (SSSR count). The van der Waals surface area contributed by atoms with Crippen LogP contribution in [0.5, 0.6) is 0 Å². The van der Waals surface area contributed by atoms with Gasteiger partial charge in [0, 0.05) is 11.6 Å². The fourth-order valence-corrected chi connectivity index (χ4v) is 2.38. The van der Waals surface area contributed by atoms with Crippen LogP contribution in [0.25, 0.3) is 0 Å². The molecule has 3 heteroatoms. The van der Waals surface area contributed by atoms with E-state index in [-0.39, 0.29) is 12.1 Å². The zero-order valence-corrected chi connectivity index (χ0v) is 11.8. The van der Waals surface area contributed by atoms with Crippen molar-refractivity contribution in [2.75, 3.05) is 26.7 Å². The van der Waals surface area contributed by atoms with Crippen LogP contribution in [0.15, 0.2) is 0 Å². The van der Waals surface area contributed by atoms with Crippen molar-refractivity contribution in [3.8, 4) is 0 Å². The average molecular weight is 242 g/mol. The maximum atomic E-state index is 9.47. The lowest BCUT2D eigenvalue weighted by molar-refractivity contribution is 0.134. The van der Waals surface area contributed by atoms with Gasteiger partial charge in [0.15, 0.2) is 0 Å². The molecule has 1 atom stereocenters. The van der Waals surface area contributed by atoms with Crippen molar-refractivity contribution in [3.05, 3.63) is 0 Å². The lowest BCUT2D eigenvalue weighted by Crippen LogP contribution is -2.47. The van der Waals surface area contributed by atoms with Gasteiger partial charge in [0.05, 0.1) is 6.61 Å². The third kappa shape index (κ3) is 4.94. The third-order valence-corrected chi connectivity index (χ3v) is 4.09. The molecule has 0 radical (unpaired) electrons. The van der Waals surface area contributed by atoms with Crippen LogP contribution < -0.4 is 5.32 Å². The quantitative estimate of drug-likeness (QED) is 0.649. The number of aliphatic hydroxyl groups excluding tert-OH is 1. The van der Waals surface area contributed by atoms with E-state index in [0.717, 1.165) is 32.0 Å². The average Bonchev–Trinajstić information content (AvgIpc) is 2.24. The van der Waals surface area contributed by atoms with E-state index in [1.54, 1.807) is 0 Å². The van der Waals surface area contributed by atoms with Crippen LogP contribution in [0, 0.1) is 0 Å². The highest BCUT2D eigenvalue weighted by molar-refractivity contribution is 4.83. The molecule has 1 unspecified atom stereocenters. The second-order valence-electron chi connectivity index (χ2n) is 5.81. The van der Waals surface area contributed by atoms with Gasteiger partial charge in [0.1, 0.15) is 0 Å². The van der Waals surface area contributed by atoms with Gasteiger partial charge in [-0.2, -0.15) is 0 Å². The molecule has 0 saturated heterocycles. The predicted molar refractivity (Wildman–Crippen MR) is 73.3 cm³/mol. The molecule has 17 heavy (non-hydrogen) atoms. The normalized spacial score (nSPS) is 20.3. The summed E-state index contributed by atoms with van der Waals surface area (Å²) in [7, 11) is 2.24. The first-order valence-electron chi connectivity index (χ1n) is 7.17. The predicted octanol–water partition coefficient (Wildman–Crippen LogP) is 2.00. The van der Waals surface area contributed by atoms with Gasteiger partial charge in [0.25, 0.3) is 0 Å². The summed E-state index contributed by atoms with van der Waals surface area (Å²) in [6, 6.07) is 0.832. The Kier molecular flexibility index (Phi) is 6.45. The van der Waals surface area contributed by atoms with Crippen LogP contribution in [0.2, 0.25) is 0 Å². The molecule has 0 heterocycles. The first kappa shape index (κ1) is 14.9. The number of hydrogen-bond acceptors (Lipinski definition) is 3. The van der Waals surface area contributed by atoms with Crippen molar-refractivity contribution >= 4 is 0 Å².